The van der Waals surface area contributed by atoms with Crippen LogP contribution in [0.5, 0.6) is 0 Å². The second-order valence-corrected chi connectivity index (χ2v) is 7.73. The Balaban J connectivity index is 1.70. The molecule has 4 atom stereocenters. The average Bonchev–Trinajstić information content (AvgIpc) is 3.04. The van der Waals surface area contributed by atoms with Crippen LogP contribution in [-0.4, -0.2) is 40.6 Å². The lowest BCUT2D eigenvalue weighted by Gasteiger charge is -2.31. The molecular weight excluding hydrogens is 340 g/mol. The van der Waals surface area contributed by atoms with E-state index in [2.05, 4.69) is 51.9 Å². The van der Waals surface area contributed by atoms with E-state index in [-0.39, 0.29) is 23.7 Å². The summed E-state index contributed by atoms with van der Waals surface area (Å²) in [6.07, 6.45) is 6.02. The Bertz CT molecular complexity index is 910. The predicted octanol–water partition coefficient (Wildman–Crippen LogP) is 3.08. The van der Waals surface area contributed by atoms with Gasteiger partial charge in [0, 0.05) is 18.8 Å². The van der Waals surface area contributed by atoms with E-state index in [0.717, 1.165) is 41.2 Å². The van der Waals surface area contributed by atoms with Gasteiger partial charge >= 0.3 is 5.97 Å². The van der Waals surface area contributed by atoms with Gasteiger partial charge in [0.05, 0.1) is 17.9 Å². The molecule has 0 saturated carbocycles. The SMILES string of the molecule is CCOC(=O)[C@@H]1[C@H]2CN(c3ncnc4nc(C)cc(C)c34)C[C@@H]2C=C[C@@H]1C. The van der Waals surface area contributed by atoms with Crippen LogP contribution in [0.2, 0.25) is 0 Å². The summed E-state index contributed by atoms with van der Waals surface area (Å²) in [4.78, 5) is 28.4. The normalized spacial score (nSPS) is 27.0. The van der Waals surface area contributed by atoms with E-state index in [9.17, 15) is 4.79 Å². The van der Waals surface area contributed by atoms with Gasteiger partial charge in [-0.05, 0) is 50.2 Å². The van der Waals surface area contributed by atoms with Crippen LogP contribution in [0.4, 0.5) is 5.82 Å². The first-order valence-corrected chi connectivity index (χ1v) is 9.68. The number of pyridine rings is 1. The molecule has 2 aliphatic rings. The van der Waals surface area contributed by atoms with Gasteiger partial charge in [0.2, 0.25) is 0 Å². The molecule has 0 N–H and O–H groups in total. The second kappa shape index (κ2) is 6.91. The molecule has 3 heterocycles. The molecule has 27 heavy (non-hydrogen) atoms. The highest BCUT2D eigenvalue weighted by molar-refractivity contribution is 5.90. The molecule has 4 rings (SSSR count). The number of esters is 1. The van der Waals surface area contributed by atoms with Gasteiger partial charge in [-0.2, -0.15) is 0 Å². The molecule has 0 unspecified atom stereocenters. The molecule has 1 saturated heterocycles. The molecule has 0 bridgehead atoms. The predicted molar refractivity (Wildman–Crippen MR) is 104 cm³/mol. The van der Waals surface area contributed by atoms with Crippen molar-refractivity contribution in [2.75, 3.05) is 24.6 Å². The Morgan fingerprint density at radius 3 is 2.85 bits per heavy atom. The standard InChI is InChI=1S/C21H26N4O2/c1-5-27-21(26)17-12(2)6-7-15-9-25(10-16(15)17)20-18-13(3)8-14(4)24-19(18)22-11-23-20/h6-8,11-12,15-17H,5,9-10H2,1-4H3/t12-,15-,16-,17-/m0/s1. The summed E-state index contributed by atoms with van der Waals surface area (Å²) in [5, 5.41) is 1.01. The van der Waals surface area contributed by atoms with Crippen LogP contribution in [0.25, 0.3) is 11.0 Å². The molecule has 6 heteroatoms. The number of anilines is 1. The van der Waals surface area contributed by atoms with Gasteiger partial charge < -0.3 is 9.64 Å². The molecule has 6 nitrogen and oxygen atoms in total. The number of nitrogens with zero attached hydrogens (tertiary/aromatic N) is 4. The molecule has 1 aliphatic heterocycles. The maximum absolute atomic E-state index is 12.6. The molecule has 1 fully saturated rings. The lowest BCUT2D eigenvalue weighted by atomic mass is 9.72. The summed E-state index contributed by atoms with van der Waals surface area (Å²) in [6, 6.07) is 2.07. The Labute approximate surface area is 159 Å². The quantitative estimate of drug-likeness (QED) is 0.614. The zero-order valence-electron chi connectivity index (χ0n) is 16.3. The number of rotatable bonds is 3. The maximum Gasteiger partial charge on any atom is 0.309 e. The average molecular weight is 366 g/mol. The first-order valence-electron chi connectivity index (χ1n) is 9.68. The maximum atomic E-state index is 12.6. The number of fused-ring (bicyclic) bond motifs is 2. The number of ether oxygens (including phenoxy) is 1. The van der Waals surface area contributed by atoms with E-state index >= 15 is 0 Å². The largest absolute Gasteiger partial charge is 0.466 e. The Hall–Kier alpha value is -2.50. The van der Waals surface area contributed by atoms with Crippen molar-refractivity contribution in [3.63, 3.8) is 0 Å². The van der Waals surface area contributed by atoms with Crippen molar-refractivity contribution in [1.29, 1.82) is 0 Å². The van der Waals surface area contributed by atoms with Crippen molar-refractivity contribution in [3.05, 3.63) is 35.8 Å². The molecule has 1 aliphatic carbocycles. The highest BCUT2D eigenvalue weighted by Gasteiger charge is 2.45. The smallest absolute Gasteiger partial charge is 0.309 e. The monoisotopic (exact) mass is 366 g/mol. The van der Waals surface area contributed by atoms with Gasteiger partial charge in [0.1, 0.15) is 12.1 Å². The van der Waals surface area contributed by atoms with E-state index < -0.39 is 0 Å². The third-order valence-electron chi connectivity index (χ3n) is 5.87. The van der Waals surface area contributed by atoms with Crippen LogP contribution in [0.3, 0.4) is 0 Å². The fourth-order valence-corrected chi connectivity index (χ4v) is 4.70. The molecule has 2 aromatic heterocycles. The third kappa shape index (κ3) is 3.07. The van der Waals surface area contributed by atoms with Crippen molar-refractivity contribution in [2.24, 2.45) is 23.7 Å². The van der Waals surface area contributed by atoms with E-state index in [1.165, 1.54) is 0 Å². The van der Waals surface area contributed by atoms with Crippen LogP contribution in [0, 0.1) is 37.5 Å². The first kappa shape index (κ1) is 17.9. The summed E-state index contributed by atoms with van der Waals surface area (Å²) in [5.41, 5.74) is 2.82. The molecule has 2 aromatic rings. The Kier molecular flexibility index (Phi) is 4.58. The number of aromatic nitrogens is 3. The van der Waals surface area contributed by atoms with Crippen molar-refractivity contribution in [2.45, 2.75) is 27.7 Å². The third-order valence-corrected chi connectivity index (χ3v) is 5.87. The Morgan fingerprint density at radius 1 is 1.26 bits per heavy atom. The summed E-state index contributed by atoms with van der Waals surface area (Å²) < 4.78 is 5.38. The number of carbonyl (C=O) groups excluding carboxylic acids is 1. The van der Waals surface area contributed by atoms with Crippen LogP contribution < -0.4 is 4.90 Å². The van der Waals surface area contributed by atoms with Crippen molar-refractivity contribution in [3.8, 4) is 0 Å². The summed E-state index contributed by atoms with van der Waals surface area (Å²) in [6.45, 7) is 10.1. The van der Waals surface area contributed by atoms with Gasteiger partial charge in [-0.1, -0.05) is 19.1 Å². The van der Waals surface area contributed by atoms with Gasteiger partial charge in [-0.25, -0.2) is 15.0 Å². The zero-order chi connectivity index (χ0) is 19.1. The van der Waals surface area contributed by atoms with Crippen LogP contribution >= 0.6 is 0 Å². The van der Waals surface area contributed by atoms with Crippen molar-refractivity contribution < 1.29 is 9.53 Å². The molecule has 0 amide bonds. The number of aryl methyl sites for hydroxylation is 2. The minimum atomic E-state index is -0.0977. The van der Waals surface area contributed by atoms with Crippen LogP contribution in [0.1, 0.15) is 25.1 Å². The molecule has 142 valence electrons. The topological polar surface area (TPSA) is 68.2 Å². The number of hydrogen-bond donors (Lipinski definition) is 0. The van der Waals surface area contributed by atoms with Gasteiger partial charge in [-0.3, -0.25) is 4.79 Å². The minimum Gasteiger partial charge on any atom is -0.466 e. The highest BCUT2D eigenvalue weighted by atomic mass is 16.5. The lowest BCUT2D eigenvalue weighted by molar-refractivity contribution is -0.151. The van der Waals surface area contributed by atoms with E-state index in [1.54, 1.807) is 6.33 Å². The number of carbonyl (C=O) groups is 1. The van der Waals surface area contributed by atoms with E-state index in [0.29, 0.717) is 12.5 Å². The number of allylic oxidation sites excluding steroid dienone is 1. The molecular formula is C21H26N4O2. The van der Waals surface area contributed by atoms with E-state index in [4.69, 9.17) is 4.74 Å². The molecule has 0 radical (unpaired) electrons. The fraction of sp³-hybridized carbons (Fsp3) is 0.524. The second-order valence-electron chi connectivity index (χ2n) is 7.73. The van der Waals surface area contributed by atoms with Crippen LogP contribution in [0.15, 0.2) is 24.5 Å². The summed E-state index contributed by atoms with van der Waals surface area (Å²) in [7, 11) is 0. The van der Waals surface area contributed by atoms with Gasteiger partial charge in [0.25, 0.3) is 0 Å². The van der Waals surface area contributed by atoms with E-state index in [1.807, 2.05) is 13.8 Å². The Morgan fingerprint density at radius 2 is 2.07 bits per heavy atom. The minimum absolute atomic E-state index is 0.0767. The van der Waals surface area contributed by atoms with Crippen molar-refractivity contribution >= 4 is 22.8 Å². The van der Waals surface area contributed by atoms with Gasteiger partial charge in [0.15, 0.2) is 5.65 Å². The molecule has 0 spiro atoms. The number of hydrogen-bond acceptors (Lipinski definition) is 6. The fourth-order valence-electron chi connectivity index (χ4n) is 4.70. The van der Waals surface area contributed by atoms with Crippen LogP contribution in [-0.2, 0) is 9.53 Å². The first-order chi connectivity index (χ1) is 13.0. The molecule has 0 aromatic carbocycles. The highest BCUT2D eigenvalue weighted by Crippen LogP contribution is 2.42. The van der Waals surface area contributed by atoms with Crippen molar-refractivity contribution in [1.82, 2.24) is 15.0 Å². The zero-order valence-corrected chi connectivity index (χ0v) is 16.3. The summed E-state index contributed by atoms with van der Waals surface area (Å²) >= 11 is 0. The lowest BCUT2D eigenvalue weighted by Crippen LogP contribution is -2.37. The van der Waals surface area contributed by atoms with Gasteiger partial charge in [-0.15, -0.1) is 0 Å². The summed E-state index contributed by atoms with van der Waals surface area (Å²) in [5.74, 6) is 1.51.